The first-order valence-electron chi connectivity index (χ1n) is 3.87. The molecule has 5 nitrogen and oxygen atoms in total. The zero-order chi connectivity index (χ0) is 9.40. The Balaban J connectivity index is 3.65. The molecular formula is C7H16O5. The molecule has 0 saturated carbocycles. The third-order valence-electron chi connectivity index (χ3n) is 1.45. The van der Waals surface area contributed by atoms with E-state index in [0.717, 1.165) is 0 Å². The predicted octanol–water partition coefficient (Wildman–Crippen LogP) is -1.90. The van der Waals surface area contributed by atoms with Gasteiger partial charge in [0.1, 0.15) is 6.10 Å². The van der Waals surface area contributed by atoms with E-state index in [1.54, 1.807) is 0 Å². The van der Waals surface area contributed by atoms with Crippen molar-refractivity contribution in [3.63, 3.8) is 0 Å². The summed E-state index contributed by atoms with van der Waals surface area (Å²) in [6, 6.07) is 0. The highest BCUT2D eigenvalue weighted by molar-refractivity contribution is 4.60. The fourth-order valence-corrected chi connectivity index (χ4v) is 0.762. The fourth-order valence-electron chi connectivity index (χ4n) is 0.762. The lowest BCUT2D eigenvalue weighted by atomic mass is 10.2. The lowest BCUT2D eigenvalue weighted by Gasteiger charge is -2.19. The summed E-state index contributed by atoms with van der Waals surface area (Å²) in [6.45, 7) is -0.900. The first kappa shape index (κ1) is 11.8. The average Bonchev–Trinajstić information content (AvgIpc) is 2.12. The Labute approximate surface area is 71.2 Å². The number of aliphatic hydroxyl groups excluding tert-OH is 4. The molecule has 1 atom stereocenters. The smallest absolute Gasteiger partial charge is 0.104 e. The molecule has 0 heterocycles. The molecular weight excluding hydrogens is 164 g/mol. The number of hydrogen-bond acceptors (Lipinski definition) is 5. The zero-order valence-electron chi connectivity index (χ0n) is 6.89. The minimum absolute atomic E-state index is 0.0885. The van der Waals surface area contributed by atoms with Crippen molar-refractivity contribution >= 4 is 0 Å². The molecule has 12 heavy (non-hydrogen) atoms. The van der Waals surface area contributed by atoms with Gasteiger partial charge in [-0.15, -0.1) is 0 Å². The van der Waals surface area contributed by atoms with Crippen LogP contribution in [-0.4, -0.2) is 59.1 Å². The van der Waals surface area contributed by atoms with Crippen LogP contribution in [0.25, 0.3) is 0 Å². The summed E-state index contributed by atoms with van der Waals surface area (Å²) in [7, 11) is 0. The van der Waals surface area contributed by atoms with Crippen LogP contribution in [0.4, 0.5) is 0 Å². The second-order valence-electron chi connectivity index (χ2n) is 2.44. The van der Waals surface area contributed by atoms with E-state index in [1.807, 2.05) is 0 Å². The molecule has 0 aliphatic heterocycles. The van der Waals surface area contributed by atoms with E-state index in [1.165, 1.54) is 0 Å². The molecule has 0 aliphatic carbocycles. The van der Waals surface area contributed by atoms with Crippen molar-refractivity contribution in [1.29, 1.82) is 0 Å². The Morgan fingerprint density at radius 3 is 1.67 bits per heavy atom. The van der Waals surface area contributed by atoms with Gasteiger partial charge in [-0.05, 0) is 6.42 Å². The molecule has 0 saturated heterocycles. The third kappa shape index (κ3) is 4.63. The van der Waals surface area contributed by atoms with Crippen LogP contribution in [0.2, 0.25) is 0 Å². The van der Waals surface area contributed by atoms with E-state index >= 15 is 0 Å². The molecule has 0 aromatic carbocycles. The third-order valence-corrected chi connectivity index (χ3v) is 1.45. The Morgan fingerprint density at radius 2 is 1.33 bits per heavy atom. The van der Waals surface area contributed by atoms with E-state index in [9.17, 15) is 0 Å². The Bertz CT molecular complexity index is 93.8. The summed E-state index contributed by atoms with van der Waals surface area (Å²) >= 11 is 0. The molecule has 0 radical (unpaired) electrons. The largest absolute Gasteiger partial charge is 0.396 e. The summed E-state index contributed by atoms with van der Waals surface area (Å²) in [4.78, 5) is 0. The molecule has 0 bridgehead atoms. The molecule has 4 N–H and O–H groups in total. The molecule has 74 valence electrons. The first-order valence-corrected chi connectivity index (χ1v) is 3.87. The number of ether oxygens (including phenoxy) is 1. The maximum Gasteiger partial charge on any atom is 0.104 e. The lowest BCUT2D eigenvalue weighted by Crippen LogP contribution is -2.31. The van der Waals surface area contributed by atoms with Crippen LogP contribution in [0.3, 0.4) is 0 Å². The average molecular weight is 180 g/mol. The van der Waals surface area contributed by atoms with Gasteiger partial charge in [-0.2, -0.15) is 0 Å². The molecule has 0 spiro atoms. The van der Waals surface area contributed by atoms with Gasteiger partial charge >= 0.3 is 0 Å². The van der Waals surface area contributed by atoms with Gasteiger partial charge in [0.25, 0.3) is 0 Å². The minimum Gasteiger partial charge on any atom is -0.396 e. The minimum atomic E-state index is -0.673. The quantitative estimate of drug-likeness (QED) is 0.367. The maximum atomic E-state index is 8.70. The van der Waals surface area contributed by atoms with Crippen molar-refractivity contribution in [3.8, 4) is 0 Å². The molecule has 1 unspecified atom stereocenters. The summed E-state index contributed by atoms with van der Waals surface area (Å²) in [5.41, 5.74) is 0. The SMILES string of the molecule is OCCC(CO)OC(CO)CO. The Kier molecular flexibility index (Phi) is 7.33. The topological polar surface area (TPSA) is 90.2 Å². The lowest BCUT2D eigenvalue weighted by molar-refractivity contribution is -0.0857. The molecule has 0 amide bonds. The fraction of sp³-hybridized carbons (Fsp3) is 1.00. The normalized spacial score (nSPS) is 13.8. The highest BCUT2D eigenvalue weighted by atomic mass is 16.5. The number of rotatable bonds is 7. The molecule has 0 aromatic heterocycles. The summed E-state index contributed by atoms with van der Waals surface area (Å²) in [6.07, 6.45) is -0.888. The number of aliphatic hydroxyl groups is 4. The van der Waals surface area contributed by atoms with Crippen LogP contribution in [0.5, 0.6) is 0 Å². The maximum absolute atomic E-state index is 8.70. The molecule has 5 heteroatoms. The predicted molar refractivity (Wildman–Crippen MR) is 41.6 cm³/mol. The van der Waals surface area contributed by atoms with E-state index in [2.05, 4.69) is 0 Å². The van der Waals surface area contributed by atoms with E-state index in [-0.39, 0.29) is 26.4 Å². The Morgan fingerprint density at radius 1 is 0.833 bits per heavy atom. The van der Waals surface area contributed by atoms with Gasteiger partial charge in [0.05, 0.1) is 25.9 Å². The van der Waals surface area contributed by atoms with Crippen LogP contribution in [0, 0.1) is 0 Å². The van der Waals surface area contributed by atoms with Gasteiger partial charge in [-0.3, -0.25) is 0 Å². The van der Waals surface area contributed by atoms with Gasteiger partial charge in [0, 0.05) is 6.61 Å². The standard InChI is InChI=1S/C7H16O5/c8-2-1-6(3-9)12-7(4-10)5-11/h6-11H,1-5H2. The molecule has 0 rings (SSSR count). The van der Waals surface area contributed by atoms with Crippen LogP contribution in [0.1, 0.15) is 6.42 Å². The zero-order valence-corrected chi connectivity index (χ0v) is 6.89. The molecule has 0 aliphatic rings. The molecule has 0 aromatic rings. The van der Waals surface area contributed by atoms with E-state index < -0.39 is 12.2 Å². The van der Waals surface area contributed by atoms with Gasteiger partial charge in [-0.1, -0.05) is 0 Å². The summed E-state index contributed by atoms with van der Waals surface area (Å²) < 4.78 is 5.03. The van der Waals surface area contributed by atoms with E-state index in [4.69, 9.17) is 25.2 Å². The van der Waals surface area contributed by atoms with Gasteiger partial charge in [0.2, 0.25) is 0 Å². The van der Waals surface area contributed by atoms with Crippen LogP contribution in [-0.2, 0) is 4.74 Å². The number of hydrogen-bond donors (Lipinski definition) is 4. The van der Waals surface area contributed by atoms with Crippen LogP contribution < -0.4 is 0 Å². The summed E-state index contributed by atoms with van der Waals surface area (Å²) in [5, 5.41) is 34.4. The van der Waals surface area contributed by atoms with Crippen molar-refractivity contribution in [1.82, 2.24) is 0 Å². The molecule has 0 fully saturated rings. The van der Waals surface area contributed by atoms with Gasteiger partial charge < -0.3 is 25.2 Å². The van der Waals surface area contributed by atoms with E-state index in [0.29, 0.717) is 6.42 Å². The van der Waals surface area contributed by atoms with Crippen molar-refractivity contribution in [2.24, 2.45) is 0 Å². The van der Waals surface area contributed by atoms with Crippen LogP contribution in [0.15, 0.2) is 0 Å². The van der Waals surface area contributed by atoms with Crippen molar-refractivity contribution in [2.75, 3.05) is 26.4 Å². The summed E-state index contributed by atoms with van der Waals surface area (Å²) in [5.74, 6) is 0. The second kappa shape index (κ2) is 7.45. The van der Waals surface area contributed by atoms with Crippen LogP contribution >= 0.6 is 0 Å². The van der Waals surface area contributed by atoms with Crippen molar-refractivity contribution in [3.05, 3.63) is 0 Å². The second-order valence-corrected chi connectivity index (χ2v) is 2.44. The van der Waals surface area contributed by atoms with Gasteiger partial charge in [-0.25, -0.2) is 0 Å². The monoisotopic (exact) mass is 180 g/mol. The van der Waals surface area contributed by atoms with Crippen molar-refractivity contribution in [2.45, 2.75) is 18.6 Å². The van der Waals surface area contributed by atoms with Crippen molar-refractivity contribution < 1.29 is 25.2 Å². The van der Waals surface area contributed by atoms with Gasteiger partial charge in [0.15, 0.2) is 0 Å². The Hall–Kier alpha value is -0.200. The highest BCUT2D eigenvalue weighted by Crippen LogP contribution is 2.01. The first-order chi connectivity index (χ1) is 5.78. The highest BCUT2D eigenvalue weighted by Gasteiger charge is 2.13.